The second kappa shape index (κ2) is 14.3. The summed E-state index contributed by atoms with van der Waals surface area (Å²) in [6.07, 6.45) is 0.460. The number of carbonyl (C=O) groups excluding carboxylic acids is 2. The molecule has 0 unspecified atom stereocenters. The lowest BCUT2D eigenvalue weighted by molar-refractivity contribution is -0.384. The molecule has 0 aliphatic heterocycles. The van der Waals surface area contributed by atoms with Crippen LogP contribution in [0.1, 0.15) is 18.2 Å². The minimum atomic E-state index is -1.000. The molecule has 3 aromatic carbocycles. The third kappa shape index (κ3) is 8.34. The van der Waals surface area contributed by atoms with Crippen LogP contribution in [0.15, 0.2) is 88.4 Å². The number of nitrogens with one attached hydrogen (secondary N) is 2. The highest BCUT2D eigenvalue weighted by Crippen LogP contribution is 2.34. The van der Waals surface area contributed by atoms with Gasteiger partial charge in [-0.2, -0.15) is 5.10 Å². The van der Waals surface area contributed by atoms with Crippen molar-refractivity contribution in [3.8, 4) is 22.8 Å². The predicted octanol–water partition coefficient (Wildman–Crippen LogP) is 5.82. The van der Waals surface area contributed by atoms with E-state index in [0.29, 0.717) is 22.1 Å². The van der Waals surface area contributed by atoms with Crippen LogP contribution in [-0.4, -0.2) is 42.2 Å². The average molecular weight is 625 g/mol. The Labute approximate surface area is 256 Å². The fraction of sp³-hybridized carbons (Fsp3) is 0.167. The number of hydrogen-bond acceptors (Lipinski definition) is 8. The van der Waals surface area contributed by atoms with Gasteiger partial charge in [0.15, 0.2) is 6.10 Å². The molecular formula is C30H26Cl2N4O7. The fourth-order valence-corrected chi connectivity index (χ4v) is 4.42. The normalized spacial score (nSPS) is 12.4. The monoisotopic (exact) mass is 624 g/mol. The second-order valence-electron chi connectivity index (χ2n) is 9.16. The van der Waals surface area contributed by atoms with Crippen molar-refractivity contribution in [2.75, 3.05) is 7.11 Å². The van der Waals surface area contributed by atoms with E-state index < -0.39 is 28.9 Å². The van der Waals surface area contributed by atoms with E-state index >= 15 is 0 Å². The maximum atomic E-state index is 13.1. The molecule has 0 saturated carbocycles. The first kappa shape index (κ1) is 31.1. The third-order valence-corrected chi connectivity index (χ3v) is 6.67. The summed E-state index contributed by atoms with van der Waals surface area (Å²) in [5.41, 5.74) is 3.48. The molecule has 2 amide bonds. The quantitative estimate of drug-likeness (QED) is 0.115. The van der Waals surface area contributed by atoms with Crippen LogP contribution in [0.4, 0.5) is 5.69 Å². The SMILES string of the molecule is COc1ccc([N+](=O)[O-])cc1-c1ccc(/C=N\NC(=O)[C@H](Cc2ccccc2)NC(=O)[C@@H](C)Oc2ccc(Cl)cc2Cl)o1. The van der Waals surface area contributed by atoms with Crippen molar-refractivity contribution in [3.05, 3.63) is 110 Å². The van der Waals surface area contributed by atoms with E-state index in [9.17, 15) is 19.7 Å². The molecule has 13 heteroatoms. The molecule has 43 heavy (non-hydrogen) atoms. The van der Waals surface area contributed by atoms with E-state index in [4.69, 9.17) is 37.1 Å². The smallest absolute Gasteiger partial charge is 0.270 e. The topological polar surface area (TPSA) is 145 Å². The van der Waals surface area contributed by atoms with Crippen molar-refractivity contribution in [2.24, 2.45) is 5.10 Å². The van der Waals surface area contributed by atoms with Gasteiger partial charge in [0.05, 0.1) is 28.8 Å². The minimum absolute atomic E-state index is 0.128. The van der Waals surface area contributed by atoms with E-state index in [0.717, 1.165) is 5.56 Å². The highest BCUT2D eigenvalue weighted by molar-refractivity contribution is 6.35. The van der Waals surface area contributed by atoms with Gasteiger partial charge in [0.2, 0.25) is 0 Å². The average Bonchev–Trinajstić information content (AvgIpc) is 3.47. The number of rotatable bonds is 12. The summed E-state index contributed by atoms with van der Waals surface area (Å²) in [6.45, 7) is 1.53. The van der Waals surface area contributed by atoms with Crippen molar-refractivity contribution in [1.29, 1.82) is 0 Å². The summed E-state index contributed by atoms with van der Waals surface area (Å²) in [7, 11) is 1.44. The summed E-state index contributed by atoms with van der Waals surface area (Å²) < 4.78 is 16.7. The molecule has 0 fully saturated rings. The molecule has 0 radical (unpaired) electrons. The van der Waals surface area contributed by atoms with Gasteiger partial charge in [-0.15, -0.1) is 0 Å². The zero-order valence-electron chi connectivity index (χ0n) is 23.0. The van der Waals surface area contributed by atoms with Gasteiger partial charge in [0, 0.05) is 23.6 Å². The molecule has 1 heterocycles. The van der Waals surface area contributed by atoms with Crippen LogP contribution in [-0.2, 0) is 16.0 Å². The lowest BCUT2D eigenvalue weighted by Gasteiger charge is -2.21. The molecule has 0 bridgehead atoms. The van der Waals surface area contributed by atoms with Gasteiger partial charge in [-0.3, -0.25) is 19.7 Å². The van der Waals surface area contributed by atoms with Gasteiger partial charge < -0.3 is 19.2 Å². The highest BCUT2D eigenvalue weighted by atomic mass is 35.5. The second-order valence-corrected chi connectivity index (χ2v) is 10.0. The minimum Gasteiger partial charge on any atom is -0.496 e. The Bertz CT molecular complexity index is 1640. The summed E-state index contributed by atoms with van der Waals surface area (Å²) in [5.74, 6) is 0.0763. The number of nitro benzene ring substituents is 1. The summed E-state index contributed by atoms with van der Waals surface area (Å²) in [6, 6.07) is 20.1. The summed E-state index contributed by atoms with van der Waals surface area (Å²) in [4.78, 5) is 36.8. The van der Waals surface area contributed by atoms with Crippen LogP contribution < -0.4 is 20.2 Å². The molecule has 2 N–H and O–H groups in total. The summed E-state index contributed by atoms with van der Waals surface area (Å²) >= 11 is 12.1. The van der Waals surface area contributed by atoms with Gasteiger partial charge in [-0.05, 0) is 48.9 Å². The molecule has 0 aliphatic carbocycles. The molecule has 0 spiro atoms. The lowest BCUT2D eigenvalue weighted by atomic mass is 10.1. The molecule has 11 nitrogen and oxygen atoms in total. The Balaban J connectivity index is 1.45. The largest absolute Gasteiger partial charge is 0.496 e. The number of methoxy groups -OCH3 is 1. The van der Waals surface area contributed by atoms with E-state index in [-0.39, 0.29) is 28.6 Å². The number of carbonyl (C=O) groups is 2. The Morgan fingerprint density at radius 1 is 1.02 bits per heavy atom. The van der Waals surface area contributed by atoms with Gasteiger partial charge in [0.25, 0.3) is 17.5 Å². The van der Waals surface area contributed by atoms with Gasteiger partial charge in [0.1, 0.15) is 29.1 Å². The number of amides is 2. The third-order valence-electron chi connectivity index (χ3n) is 6.14. The summed E-state index contributed by atoms with van der Waals surface area (Å²) in [5, 5.41) is 18.5. The number of furan rings is 1. The fourth-order valence-electron chi connectivity index (χ4n) is 3.97. The molecular weight excluding hydrogens is 599 g/mol. The maximum absolute atomic E-state index is 13.1. The van der Waals surface area contributed by atoms with Crippen LogP contribution in [0, 0.1) is 10.1 Å². The molecule has 0 aliphatic rings. The first-order chi connectivity index (χ1) is 20.6. The standard InChI is InChI=1S/C30H26Cl2N4O7/c1-18(42-28-11-8-20(31)15-24(28)32)29(37)34-25(14-19-6-4-3-5-7-19)30(38)35-33-17-22-10-13-27(43-22)23-16-21(36(39)40)9-12-26(23)41-2/h3-13,15-18,25H,14H2,1-2H3,(H,34,37)(H,35,38)/b33-17-/t18-,25+/m1/s1. The first-order valence-electron chi connectivity index (χ1n) is 12.9. The lowest BCUT2D eigenvalue weighted by Crippen LogP contribution is -2.50. The van der Waals surface area contributed by atoms with Crippen LogP contribution in [0.3, 0.4) is 0 Å². The van der Waals surface area contributed by atoms with E-state index in [2.05, 4.69) is 15.8 Å². The zero-order chi connectivity index (χ0) is 30.9. The van der Waals surface area contributed by atoms with Crippen LogP contribution in [0.25, 0.3) is 11.3 Å². The highest BCUT2D eigenvalue weighted by Gasteiger charge is 2.25. The van der Waals surface area contributed by atoms with Crippen molar-refractivity contribution in [1.82, 2.24) is 10.7 Å². The molecule has 2 atom stereocenters. The van der Waals surface area contributed by atoms with E-state index in [1.54, 1.807) is 24.3 Å². The number of ether oxygens (including phenoxy) is 2. The number of nitrogens with zero attached hydrogens (tertiary/aromatic N) is 2. The number of halogens is 2. The van der Waals surface area contributed by atoms with Crippen LogP contribution in [0.2, 0.25) is 10.0 Å². The molecule has 1 aromatic heterocycles. The molecule has 0 saturated heterocycles. The predicted molar refractivity (Wildman–Crippen MR) is 162 cm³/mol. The Kier molecular flexibility index (Phi) is 10.4. The number of non-ortho nitro benzene ring substituents is 1. The van der Waals surface area contributed by atoms with Crippen molar-refractivity contribution in [2.45, 2.75) is 25.5 Å². The van der Waals surface area contributed by atoms with Gasteiger partial charge in [-0.25, -0.2) is 5.43 Å². The van der Waals surface area contributed by atoms with Gasteiger partial charge in [-0.1, -0.05) is 53.5 Å². The zero-order valence-corrected chi connectivity index (χ0v) is 24.5. The first-order valence-corrected chi connectivity index (χ1v) is 13.6. The Hall–Kier alpha value is -4.87. The number of hydrazone groups is 1. The van der Waals surface area contributed by atoms with Gasteiger partial charge >= 0.3 is 0 Å². The molecule has 4 rings (SSSR count). The van der Waals surface area contributed by atoms with Crippen LogP contribution >= 0.6 is 23.2 Å². The van der Waals surface area contributed by atoms with E-state index in [1.165, 1.54) is 44.5 Å². The molecule has 222 valence electrons. The van der Waals surface area contributed by atoms with Crippen LogP contribution in [0.5, 0.6) is 11.5 Å². The number of nitro groups is 1. The Morgan fingerprint density at radius 3 is 2.47 bits per heavy atom. The maximum Gasteiger partial charge on any atom is 0.270 e. The van der Waals surface area contributed by atoms with E-state index in [1.807, 2.05) is 30.3 Å². The van der Waals surface area contributed by atoms with Crippen molar-refractivity contribution in [3.63, 3.8) is 0 Å². The molecule has 4 aromatic rings. The Morgan fingerprint density at radius 2 is 1.77 bits per heavy atom. The number of benzene rings is 3. The van der Waals surface area contributed by atoms with Crippen molar-refractivity contribution >= 4 is 46.9 Å². The van der Waals surface area contributed by atoms with Crippen molar-refractivity contribution < 1.29 is 28.4 Å². The number of hydrogen-bond donors (Lipinski definition) is 2.